The minimum absolute atomic E-state index is 0.0209. The molecule has 2 amide bonds. The lowest BCUT2D eigenvalue weighted by molar-refractivity contribution is -0.917. The molecule has 150 valence electrons. The number of nitrogens with one attached hydrogen (secondary N) is 1. The minimum atomic E-state index is -0.504. The largest absolute Gasteiger partial charge is 0.495 e. The quantitative estimate of drug-likeness (QED) is 0.755. The number of methoxy groups -OCH3 is 1. The van der Waals surface area contributed by atoms with Crippen LogP contribution in [0.1, 0.15) is 5.56 Å². The van der Waals surface area contributed by atoms with Gasteiger partial charge in [0, 0.05) is 5.56 Å². The van der Waals surface area contributed by atoms with Crippen LogP contribution in [0.5, 0.6) is 5.75 Å². The van der Waals surface area contributed by atoms with Crippen LogP contribution in [0.2, 0.25) is 0 Å². The molecule has 0 atom stereocenters. The van der Waals surface area contributed by atoms with Crippen LogP contribution in [-0.2, 0) is 16.1 Å². The van der Waals surface area contributed by atoms with Gasteiger partial charge in [-0.25, -0.2) is 4.90 Å². The van der Waals surface area contributed by atoms with Crippen molar-refractivity contribution >= 4 is 29.1 Å². The highest BCUT2D eigenvalue weighted by atomic mass is 35.5. The van der Waals surface area contributed by atoms with Crippen molar-refractivity contribution in [3.05, 3.63) is 70.9 Å². The van der Waals surface area contributed by atoms with Gasteiger partial charge in [-0.2, -0.15) is 0 Å². The molecule has 6 nitrogen and oxygen atoms in total. The van der Waals surface area contributed by atoms with Gasteiger partial charge in [-0.1, -0.05) is 54.1 Å². The van der Waals surface area contributed by atoms with E-state index in [1.807, 2.05) is 23.1 Å². The Hall–Kier alpha value is -2.83. The molecule has 1 saturated heterocycles. The number of para-hydroxylation sites is 2. The summed E-state index contributed by atoms with van der Waals surface area (Å²) in [7, 11) is 1.51. The van der Waals surface area contributed by atoms with E-state index in [4.69, 9.17) is 16.3 Å². The van der Waals surface area contributed by atoms with Crippen LogP contribution in [0.3, 0.4) is 0 Å². The van der Waals surface area contributed by atoms with E-state index < -0.39 is 11.8 Å². The Kier molecular flexibility index (Phi) is 5.56. The summed E-state index contributed by atoms with van der Waals surface area (Å²) >= 11 is 6.34. The molecule has 4 rings (SSSR count). The maximum Gasteiger partial charge on any atom is 0.283 e. The van der Waals surface area contributed by atoms with Crippen LogP contribution in [0, 0.1) is 0 Å². The first-order valence-electron chi connectivity index (χ1n) is 9.64. The van der Waals surface area contributed by atoms with Crippen molar-refractivity contribution in [1.82, 2.24) is 4.90 Å². The first kappa shape index (κ1) is 19.5. The number of anilines is 1. The Morgan fingerprint density at radius 2 is 1.62 bits per heavy atom. The Morgan fingerprint density at radius 3 is 2.31 bits per heavy atom. The number of ether oxygens (including phenoxy) is 1. The van der Waals surface area contributed by atoms with E-state index in [1.54, 1.807) is 24.3 Å². The number of nitrogens with zero attached hydrogens (tertiary/aromatic N) is 2. The molecule has 0 spiro atoms. The number of quaternary nitrogens is 1. The minimum Gasteiger partial charge on any atom is -0.495 e. The highest BCUT2D eigenvalue weighted by molar-refractivity contribution is 6.52. The second kappa shape index (κ2) is 8.27. The molecule has 0 aromatic heterocycles. The summed E-state index contributed by atoms with van der Waals surface area (Å²) in [6.07, 6.45) is 0. The van der Waals surface area contributed by atoms with Crippen LogP contribution < -0.4 is 14.5 Å². The van der Waals surface area contributed by atoms with Crippen LogP contribution in [0.4, 0.5) is 5.69 Å². The monoisotopic (exact) mass is 412 g/mol. The number of carbonyl (C=O) groups excluding carboxylic acids is 2. The molecule has 2 aromatic carbocycles. The van der Waals surface area contributed by atoms with E-state index >= 15 is 0 Å². The van der Waals surface area contributed by atoms with Gasteiger partial charge in [0.25, 0.3) is 11.8 Å². The number of amides is 2. The molecule has 1 N–H and O–H groups in total. The fourth-order valence-corrected chi connectivity index (χ4v) is 4.19. The molecule has 0 radical (unpaired) electrons. The zero-order chi connectivity index (χ0) is 20.4. The zero-order valence-corrected chi connectivity index (χ0v) is 17.0. The van der Waals surface area contributed by atoms with Crippen LogP contribution in [-0.4, -0.2) is 50.0 Å². The molecule has 0 aliphatic carbocycles. The maximum absolute atomic E-state index is 13.1. The summed E-state index contributed by atoms with van der Waals surface area (Å²) in [6, 6.07) is 17.3. The summed E-state index contributed by atoms with van der Waals surface area (Å²) in [5, 5.41) is -0.0209. The van der Waals surface area contributed by atoms with Crippen LogP contribution in [0.25, 0.3) is 0 Å². The molecule has 2 aromatic rings. The SMILES string of the molecule is COc1ccccc1N1C(=O)C(Cl)=C(N2CC[NH+](Cc3ccccc3)CC2)C1=O. The van der Waals surface area contributed by atoms with E-state index in [-0.39, 0.29) is 5.03 Å². The molecular weight excluding hydrogens is 390 g/mol. The Labute approximate surface area is 174 Å². The number of halogens is 1. The first-order chi connectivity index (χ1) is 14.1. The van der Waals surface area contributed by atoms with Crippen molar-refractivity contribution in [2.45, 2.75) is 6.54 Å². The van der Waals surface area contributed by atoms with Crippen molar-refractivity contribution in [3.63, 3.8) is 0 Å². The van der Waals surface area contributed by atoms with E-state index in [0.29, 0.717) is 30.2 Å². The molecule has 2 aliphatic rings. The maximum atomic E-state index is 13.1. The van der Waals surface area contributed by atoms with Gasteiger partial charge in [0.2, 0.25) is 0 Å². The highest BCUT2D eigenvalue weighted by Gasteiger charge is 2.43. The topological polar surface area (TPSA) is 54.3 Å². The third-order valence-electron chi connectivity index (χ3n) is 5.41. The predicted octanol–water partition coefficient (Wildman–Crippen LogP) is 1.42. The predicted molar refractivity (Wildman–Crippen MR) is 111 cm³/mol. The fraction of sp³-hybridized carbons (Fsp3) is 0.273. The van der Waals surface area contributed by atoms with E-state index in [2.05, 4.69) is 12.1 Å². The van der Waals surface area contributed by atoms with Gasteiger partial charge >= 0.3 is 0 Å². The number of hydrogen-bond donors (Lipinski definition) is 1. The third kappa shape index (κ3) is 3.73. The number of rotatable bonds is 5. The number of carbonyl (C=O) groups is 2. The molecule has 0 bridgehead atoms. The van der Waals surface area contributed by atoms with Crippen molar-refractivity contribution < 1.29 is 19.2 Å². The Bertz CT molecular complexity index is 953. The zero-order valence-electron chi connectivity index (χ0n) is 16.2. The summed E-state index contributed by atoms with van der Waals surface area (Å²) in [6.45, 7) is 4.04. The Morgan fingerprint density at radius 1 is 0.966 bits per heavy atom. The molecular formula is C22H23ClN3O3+. The van der Waals surface area contributed by atoms with Crippen molar-refractivity contribution in [1.29, 1.82) is 0 Å². The molecule has 29 heavy (non-hydrogen) atoms. The summed E-state index contributed by atoms with van der Waals surface area (Å²) in [4.78, 5) is 30.4. The molecule has 1 fully saturated rings. The van der Waals surface area contributed by atoms with E-state index in [9.17, 15) is 9.59 Å². The van der Waals surface area contributed by atoms with Gasteiger partial charge in [-0.3, -0.25) is 9.59 Å². The average Bonchev–Trinajstić information content (AvgIpc) is 2.98. The second-order valence-electron chi connectivity index (χ2n) is 7.18. The first-order valence-corrected chi connectivity index (χ1v) is 10.0. The standard InChI is InChI=1S/C22H22ClN3O3/c1-29-18-10-6-5-9-17(18)26-21(27)19(23)20(22(26)28)25-13-11-24(12-14-25)15-16-7-3-2-4-8-16/h2-10H,11-15H2,1H3/p+1. The third-order valence-corrected chi connectivity index (χ3v) is 5.75. The summed E-state index contributed by atoms with van der Waals surface area (Å²) < 4.78 is 5.32. The van der Waals surface area contributed by atoms with E-state index in [1.165, 1.54) is 17.6 Å². The molecule has 0 unspecified atom stereocenters. The van der Waals surface area contributed by atoms with Crippen molar-refractivity contribution in [2.75, 3.05) is 38.2 Å². The summed E-state index contributed by atoms with van der Waals surface area (Å²) in [5.41, 5.74) is 2.00. The summed E-state index contributed by atoms with van der Waals surface area (Å²) in [5.74, 6) is -0.441. The van der Waals surface area contributed by atoms with Crippen molar-refractivity contribution in [2.24, 2.45) is 0 Å². The lowest BCUT2D eigenvalue weighted by Gasteiger charge is -2.33. The second-order valence-corrected chi connectivity index (χ2v) is 7.56. The Balaban J connectivity index is 1.48. The fourth-order valence-electron chi connectivity index (χ4n) is 3.91. The average molecular weight is 413 g/mol. The molecule has 0 saturated carbocycles. The van der Waals surface area contributed by atoms with Crippen LogP contribution >= 0.6 is 11.6 Å². The smallest absolute Gasteiger partial charge is 0.283 e. The molecule has 2 aliphatic heterocycles. The lowest BCUT2D eigenvalue weighted by Crippen LogP contribution is -3.13. The number of benzene rings is 2. The van der Waals surface area contributed by atoms with Crippen LogP contribution in [0.15, 0.2) is 65.3 Å². The highest BCUT2D eigenvalue weighted by Crippen LogP contribution is 2.36. The van der Waals surface area contributed by atoms with Crippen molar-refractivity contribution in [3.8, 4) is 5.75 Å². The van der Waals surface area contributed by atoms with Gasteiger partial charge in [0.05, 0.1) is 39.0 Å². The lowest BCUT2D eigenvalue weighted by atomic mass is 10.2. The van der Waals surface area contributed by atoms with Gasteiger partial charge < -0.3 is 14.5 Å². The number of imide groups is 1. The normalized spacial score (nSPS) is 18.0. The molecule has 7 heteroatoms. The van der Waals surface area contributed by atoms with Gasteiger partial charge in [-0.15, -0.1) is 0 Å². The van der Waals surface area contributed by atoms with Gasteiger partial charge in [0.15, 0.2) is 0 Å². The number of hydrogen-bond acceptors (Lipinski definition) is 4. The van der Waals surface area contributed by atoms with Gasteiger partial charge in [-0.05, 0) is 12.1 Å². The molecule has 2 heterocycles. The van der Waals surface area contributed by atoms with E-state index in [0.717, 1.165) is 24.5 Å². The van der Waals surface area contributed by atoms with Gasteiger partial charge in [0.1, 0.15) is 23.0 Å². The number of piperazine rings is 1.